The van der Waals surface area contributed by atoms with Gasteiger partial charge in [0.2, 0.25) is 5.95 Å². The summed E-state index contributed by atoms with van der Waals surface area (Å²) >= 11 is 0. The highest BCUT2D eigenvalue weighted by atomic mass is 15.3. The number of aromatic nitrogens is 2. The van der Waals surface area contributed by atoms with E-state index in [1.807, 2.05) is 0 Å². The van der Waals surface area contributed by atoms with Gasteiger partial charge in [-0.3, -0.25) is 0 Å². The van der Waals surface area contributed by atoms with E-state index < -0.39 is 0 Å². The molecular weight excluding hydrogens is 322 g/mol. The third kappa shape index (κ3) is 3.28. The molecule has 0 unspecified atom stereocenters. The first-order valence-electron chi connectivity index (χ1n) is 9.77. The van der Waals surface area contributed by atoms with Crippen LogP contribution in [0.3, 0.4) is 0 Å². The van der Waals surface area contributed by atoms with Crippen molar-refractivity contribution in [1.29, 1.82) is 0 Å². The van der Waals surface area contributed by atoms with Crippen LogP contribution in [0.15, 0.2) is 24.3 Å². The second-order valence-corrected chi connectivity index (χ2v) is 7.66. The highest BCUT2D eigenvalue weighted by Gasteiger charge is 2.24. The van der Waals surface area contributed by atoms with Crippen LogP contribution in [-0.2, 0) is 13.0 Å². The lowest BCUT2D eigenvalue weighted by molar-refractivity contribution is 0.412. The first kappa shape index (κ1) is 17.3. The minimum Gasteiger partial charge on any atom is -0.356 e. The van der Waals surface area contributed by atoms with Crippen LogP contribution in [0.2, 0.25) is 0 Å². The molecule has 0 amide bonds. The van der Waals surface area contributed by atoms with E-state index in [0.717, 1.165) is 69.4 Å². The van der Waals surface area contributed by atoms with E-state index in [1.165, 1.54) is 16.7 Å². The average molecular weight is 351 g/mol. The van der Waals surface area contributed by atoms with Crippen molar-refractivity contribution in [1.82, 2.24) is 9.97 Å². The first-order chi connectivity index (χ1) is 12.7. The molecule has 138 valence electrons. The number of anilines is 2. The summed E-state index contributed by atoms with van der Waals surface area (Å²) in [5, 5.41) is 0. The molecule has 2 aliphatic rings. The molecule has 0 aliphatic carbocycles. The molecule has 2 aliphatic heterocycles. The Morgan fingerprint density at radius 1 is 1.00 bits per heavy atom. The maximum Gasteiger partial charge on any atom is 0.227 e. The van der Waals surface area contributed by atoms with Crippen molar-refractivity contribution in [3.63, 3.8) is 0 Å². The van der Waals surface area contributed by atoms with Crippen LogP contribution in [0.5, 0.6) is 0 Å². The quantitative estimate of drug-likeness (QED) is 0.921. The van der Waals surface area contributed by atoms with Crippen LogP contribution < -0.4 is 15.5 Å². The van der Waals surface area contributed by atoms with Crippen molar-refractivity contribution in [2.45, 2.75) is 39.7 Å². The van der Waals surface area contributed by atoms with E-state index in [1.54, 1.807) is 0 Å². The van der Waals surface area contributed by atoms with E-state index >= 15 is 0 Å². The Morgan fingerprint density at radius 3 is 2.46 bits per heavy atom. The summed E-state index contributed by atoms with van der Waals surface area (Å²) in [6, 6.07) is 8.71. The lowest BCUT2D eigenvalue weighted by Gasteiger charge is -2.35. The minimum atomic E-state index is 0.660. The monoisotopic (exact) mass is 351 g/mol. The molecule has 0 bridgehead atoms. The largest absolute Gasteiger partial charge is 0.356 e. The van der Waals surface area contributed by atoms with Gasteiger partial charge in [0.25, 0.3) is 0 Å². The Labute approximate surface area is 156 Å². The predicted octanol–water partition coefficient (Wildman–Crippen LogP) is 2.83. The lowest BCUT2D eigenvalue weighted by atomic mass is 9.97. The third-order valence-electron chi connectivity index (χ3n) is 6.01. The van der Waals surface area contributed by atoms with Crippen LogP contribution in [0.1, 0.15) is 35.2 Å². The summed E-state index contributed by atoms with van der Waals surface area (Å²) in [5.41, 5.74) is 11.0. The van der Waals surface area contributed by atoms with Gasteiger partial charge >= 0.3 is 0 Å². The number of nitrogens with zero attached hydrogens (tertiary/aromatic N) is 4. The van der Waals surface area contributed by atoms with E-state index in [2.05, 4.69) is 47.9 Å². The van der Waals surface area contributed by atoms with Gasteiger partial charge in [-0.25, -0.2) is 4.98 Å². The van der Waals surface area contributed by atoms with E-state index in [4.69, 9.17) is 15.7 Å². The predicted molar refractivity (Wildman–Crippen MR) is 107 cm³/mol. The molecule has 5 nitrogen and oxygen atoms in total. The number of rotatable bonds is 3. The zero-order chi connectivity index (χ0) is 18.1. The molecule has 4 rings (SSSR count). The van der Waals surface area contributed by atoms with Gasteiger partial charge in [-0.05, 0) is 56.7 Å². The van der Waals surface area contributed by atoms with Gasteiger partial charge in [-0.15, -0.1) is 0 Å². The van der Waals surface area contributed by atoms with Crippen LogP contribution >= 0.6 is 0 Å². The molecule has 0 saturated carbocycles. The standard InChI is InChI=1S/C21H29N5/c1-15-16(2)23-21(24-20(15)25-10-7-17(13-22)8-11-25)26-12-9-18-5-3-4-6-19(18)14-26/h3-6,17H,7-14,22H2,1-2H3. The molecule has 1 aromatic heterocycles. The summed E-state index contributed by atoms with van der Waals surface area (Å²) in [7, 11) is 0. The van der Waals surface area contributed by atoms with Crippen molar-refractivity contribution in [3.05, 3.63) is 46.6 Å². The average Bonchev–Trinajstić information content (AvgIpc) is 2.69. The Morgan fingerprint density at radius 2 is 1.73 bits per heavy atom. The normalized spacial score (nSPS) is 18.1. The van der Waals surface area contributed by atoms with E-state index in [-0.39, 0.29) is 0 Å². The summed E-state index contributed by atoms with van der Waals surface area (Å²) < 4.78 is 0. The van der Waals surface area contributed by atoms with Gasteiger partial charge in [0, 0.05) is 37.4 Å². The highest BCUT2D eigenvalue weighted by molar-refractivity contribution is 5.53. The molecule has 2 N–H and O–H groups in total. The maximum atomic E-state index is 5.85. The van der Waals surface area contributed by atoms with Crippen LogP contribution in [0, 0.1) is 19.8 Å². The van der Waals surface area contributed by atoms with Gasteiger partial charge < -0.3 is 15.5 Å². The number of hydrogen-bond donors (Lipinski definition) is 1. The number of nitrogens with two attached hydrogens (primary N) is 1. The molecule has 0 atom stereocenters. The van der Waals surface area contributed by atoms with Crippen molar-refractivity contribution in [2.75, 3.05) is 36.0 Å². The number of piperidine rings is 1. The molecule has 0 radical (unpaired) electrons. The van der Waals surface area contributed by atoms with Crippen molar-refractivity contribution in [2.24, 2.45) is 11.7 Å². The fourth-order valence-electron chi connectivity index (χ4n) is 4.10. The van der Waals surface area contributed by atoms with Gasteiger partial charge in [0.1, 0.15) is 5.82 Å². The molecular formula is C21H29N5. The van der Waals surface area contributed by atoms with Crippen molar-refractivity contribution >= 4 is 11.8 Å². The topological polar surface area (TPSA) is 58.3 Å². The molecule has 3 heterocycles. The molecule has 1 saturated heterocycles. The number of benzene rings is 1. The smallest absolute Gasteiger partial charge is 0.227 e. The molecule has 0 spiro atoms. The van der Waals surface area contributed by atoms with Crippen molar-refractivity contribution in [3.8, 4) is 0 Å². The minimum absolute atomic E-state index is 0.660. The Bertz CT molecular complexity index is 780. The van der Waals surface area contributed by atoms with E-state index in [9.17, 15) is 0 Å². The summed E-state index contributed by atoms with van der Waals surface area (Å²) in [4.78, 5) is 14.6. The van der Waals surface area contributed by atoms with Crippen molar-refractivity contribution < 1.29 is 0 Å². The van der Waals surface area contributed by atoms with E-state index in [0.29, 0.717) is 5.92 Å². The highest BCUT2D eigenvalue weighted by Crippen LogP contribution is 2.29. The maximum absolute atomic E-state index is 5.85. The zero-order valence-corrected chi connectivity index (χ0v) is 15.9. The van der Waals surface area contributed by atoms with Gasteiger partial charge in [0.05, 0.1) is 0 Å². The van der Waals surface area contributed by atoms with Gasteiger partial charge in [0.15, 0.2) is 0 Å². The summed E-state index contributed by atoms with van der Waals surface area (Å²) in [6.45, 7) is 9.02. The Balaban J connectivity index is 1.59. The Kier molecular flexibility index (Phi) is 4.81. The zero-order valence-electron chi connectivity index (χ0n) is 15.9. The Hall–Kier alpha value is -2.14. The fourth-order valence-corrected chi connectivity index (χ4v) is 4.10. The fraction of sp³-hybridized carbons (Fsp3) is 0.524. The number of hydrogen-bond acceptors (Lipinski definition) is 5. The van der Waals surface area contributed by atoms with Crippen LogP contribution in [-0.4, -0.2) is 36.1 Å². The SMILES string of the molecule is Cc1nc(N2CCc3ccccc3C2)nc(N2CCC(CN)CC2)c1C. The lowest BCUT2D eigenvalue weighted by Crippen LogP contribution is -2.38. The number of fused-ring (bicyclic) bond motifs is 1. The van der Waals surface area contributed by atoms with Gasteiger partial charge in [-0.2, -0.15) is 4.98 Å². The summed E-state index contributed by atoms with van der Waals surface area (Å²) in [5.74, 6) is 2.65. The molecule has 2 aromatic rings. The molecule has 1 fully saturated rings. The third-order valence-corrected chi connectivity index (χ3v) is 6.01. The summed E-state index contributed by atoms with van der Waals surface area (Å²) in [6.07, 6.45) is 3.38. The van der Waals surface area contributed by atoms with Gasteiger partial charge in [-0.1, -0.05) is 24.3 Å². The van der Waals surface area contributed by atoms with Crippen LogP contribution in [0.25, 0.3) is 0 Å². The molecule has 5 heteroatoms. The molecule has 1 aromatic carbocycles. The second-order valence-electron chi connectivity index (χ2n) is 7.66. The first-order valence-corrected chi connectivity index (χ1v) is 9.77. The van der Waals surface area contributed by atoms with Crippen LogP contribution in [0.4, 0.5) is 11.8 Å². The second kappa shape index (κ2) is 7.23. The number of aryl methyl sites for hydroxylation is 1. The molecule has 26 heavy (non-hydrogen) atoms.